The summed E-state index contributed by atoms with van der Waals surface area (Å²) in [5, 5.41) is 34.9. The smallest absolute Gasteiger partial charge is 0.331 e. The lowest BCUT2D eigenvalue weighted by Gasteiger charge is -2.61. The summed E-state index contributed by atoms with van der Waals surface area (Å²) in [6, 6.07) is 9.04. The first kappa shape index (κ1) is 32.6. The van der Waals surface area contributed by atoms with E-state index >= 15 is 0 Å². The molecule has 47 heavy (non-hydrogen) atoms. The van der Waals surface area contributed by atoms with Crippen molar-refractivity contribution in [3.8, 4) is 0 Å². The zero-order valence-electron chi connectivity index (χ0n) is 27.3. The Morgan fingerprint density at radius 2 is 1.85 bits per heavy atom. The van der Waals surface area contributed by atoms with Crippen LogP contribution in [0.5, 0.6) is 0 Å². The van der Waals surface area contributed by atoms with Gasteiger partial charge in [0, 0.05) is 29.4 Å². The van der Waals surface area contributed by atoms with Gasteiger partial charge in [-0.1, -0.05) is 87.9 Å². The fourth-order valence-electron chi connectivity index (χ4n) is 9.30. The van der Waals surface area contributed by atoms with Gasteiger partial charge < -0.3 is 39.0 Å². The van der Waals surface area contributed by atoms with Crippen LogP contribution in [0.3, 0.4) is 0 Å². The van der Waals surface area contributed by atoms with Crippen LogP contribution in [0, 0.1) is 17.8 Å². The molecule has 1 aromatic rings. The minimum atomic E-state index is -2.42. The maximum Gasteiger partial charge on any atom is 0.331 e. The summed E-state index contributed by atoms with van der Waals surface area (Å²) < 4.78 is 33.3. The van der Waals surface area contributed by atoms with Gasteiger partial charge in [0.15, 0.2) is 17.0 Å². The van der Waals surface area contributed by atoms with Gasteiger partial charge in [-0.3, -0.25) is 4.79 Å². The van der Waals surface area contributed by atoms with Gasteiger partial charge >= 0.3 is 11.9 Å². The van der Waals surface area contributed by atoms with Crippen LogP contribution in [0.4, 0.5) is 0 Å². The molecule has 252 valence electrons. The third-order valence-corrected chi connectivity index (χ3v) is 11.6. The van der Waals surface area contributed by atoms with Crippen molar-refractivity contribution in [1.29, 1.82) is 0 Å². The molecule has 5 fully saturated rings. The van der Waals surface area contributed by atoms with Crippen molar-refractivity contribution >= 4 is 11.8 Å². The molecule has 1 aromatic carbocycles. The maximum atomic E-state index is 13.8. The number of Topliss-reactive ketones (excluding diaryl/α,β-unsaturated/α-hetero) is 1. The molecule has 7 rings (SSSR count). The second-order valence-corrected chi connectivity index (χ2v) is 14.1. The lowest BCUT2D eigenvalue weighted by atomic mass is 9.53. The highest BCUT2D eigenvalue weighted by atomic mass is 16.9. The predicted octanol–water partition coefficient (Wildman–Crippen LogP) is 3.55. The summed E-state index contributed by atoms with van der Waals surface area (Å²) in [6.07, 6.45) is 7.98. The van der Waals surface area contributed by atoms with Crippen LogP contribution in [-0.4, -0.2) is 80.5 Å². The fourth-order valence-corrected chi connectivity index (χ4v) is 9.30. The summed E-state index contributed by atoms with van der Waals surface area (Å²) in [7, 11) is 0. The van der Waals surface area contributed by atoms with Crippen LogP contribution in [-0.2, 0) is 39.2 Å². The molecule has 0 spiro atoms. The number of hydrogen-bond acceptors (Lipinski definition) is 10. The van der Waals surface area contributed by atoms with E-state index in [1.807, 2.05) is 37.3 Å². The first-order chi connectivity index (χ1) is 22.4. The number of ketones is 1. The Balaban J connectivity index is 1.39. The molecule has 0 amide bonds. The molecular weight excluding hydrogens is 604 g/mol. The molecule has 3 bridgehead atoms. The highest BCUT2D eigenvalue weighted by molar-refractivity contribution is 6.05. The highest BCUT2D eigenvalue weighted by Gasteiger charge is 2.90. The molecule has 3 N–H and O–H groups in total. The van der Waals surface area contributed by atoms with Gasteiger partial charge in [0.05, 0.1) is 12.2 Å². The van der Waals surface area contributed by atoms with Gasteiger partial charge in [-0.15, -0.1) is 0 Å². The molecule has 3 aliphatic heterocycles. The van der Waals surface area contributed by atoms with Gasteiger partial charge in [-0.25, -0.2) is 4.79 Å². The lowest BCUT2D eigenvalue weighted by Crippen LogP contribution is -2.76. The quantitative estimate of drug-likeness (QED) is 0.0861. The van der Waals surface area contributed by atoms with Crippen molar-refractivity contribution in [2.24, 2.45) is 17.8 Å². The number of benzene rings is 1. The van der Waals surface area contributed by atoms with Crippen molar-refractivity contribution in [2.45, 2.75) is 106 Å². The molecule has 0 aromatic heterocycles. The maximum absolute atomic E-state index is 13.8. The van der Waals surface area contributed by atoms with Gasteiger partial charge in [-0.05, 0) is 37.8 Å². The highest BCUT2D eigenvalue weighted by Crippen LogP contribution is 2.74. The van der Waals surface area contributed by atoms with E-state index in [1.165, 1.54) is 6.08 Å². The number of aliphatic hydroxyl groups excluding tert-OH is 2. The van der Waals surface area contributed by atoms with Crippen molar-refractivity contribution in [2.75, 3.05) is 6.61 Å². The molecule has 3 saturated heterocycles. The zero-order valence-corrected chi connectivity index (χ0v) is 27.3. The van der Waals surface area contributed by atoms with Gasteiger partial charge in [0.2, 0.25) is 0 Å². The normalized spacial score (nSPS) is 45.8. The first-order valence-electron chi connectivity index (χ1n) is 16.7. The zero-order chi connectivity index (χ0) is 33.6. The summed E-state index contributed by atoms with van der Waals surface area (Å²) in [6.45, 7) is 11.0. The summed E-state index contributed by atoms with van der Waals surface area (Å²) in [5.41, 5.74) is -5.84. The number of allylic oxidation sites excluding steroid dienone is 3. The Kier molecular flexibility index (Phi) is 7.65. The van der Waals surface area contributed by atoms with Crippen molar-refractivity contribution in [3.05, 3.63) is 84.0 Å². The lowest BCUT2D eigenvalue weighted by molar-refractivity contribution is -0.440. The number of carbonyl (C=O) groups excluding carboxylic acids is 2. The predicted molar refractivity (Wildman–Crippen MR) is 168 cm³/mol. The number of hydrogen-bond donors (Lipinski definition) is 3. The number of esters is 1. The number of rotatable bonds is 10. The Bertz CT molecular complexity index is 1570. The van der Waals surface area contributed by atoms with E-state index in [9.17, 15) is 24.9 Å². The number of epoxide rings is 1. The Labute approximate surface area is 274 Å². The van der Waals surface area contributed by atoms with Crippen molar-refractivity contribution < 1.29 is 48.6 Å². The number of unbranched alkanes of at least 4 members (excludes halogenated alkanes) is 3. The van der Waals surface area contributed by atoms with Crippen molar-refractivity contribution in [3.63, 3.8) is 0 Å². The molecule has 0 unspecified atom stereocenters. The molecule has 0 radical (unpaired) electrons. The Morgan fingerprint density at radius 1 is 1.11 bits per heavy atom. The number of aliphatic hydroxyl groups is 3. The minimum Gasteiger partial charge on any atom is -0.455 e. The van der Waals surface area contributed by atoms with E-state index in [1.54, 1.807) is 38.1 Å². The van der Waals surface area contributed by atoms with E-state index in [0.717, 1.165) is 25.7 Å². The number of ether oxygens (including phenoxy) is 5. The second-order valence-electron chi connectivity index (χ2n) is 14.1. The third kappa shape index (κ3) is 4.10. The van der Waals surface area contributed by atoms with E-state index in [4.69, 9.17) is 23.7 Å². The largest absolute Gasteiger partial charge is 0.455 e. The first-order valence-corrected chi connectivity index (χ1v) is 16.7. The second kappa shape index (κ2) is 11.0. The molecule has 6 aliphatic rings. The van der Waals surface area contributed by atoms with Crippen LogP contribution in [0.15, 0.2) is 78.4 Å². The van der Waals surface area contributed by atoms with E-state index in [-0.39, 0.29) is 5.57 Å². The summed E-state index contributed by atoms with van der Waals surface area (Å²) in [4.78, 5) is 27.4. The standard InChI is InChI=1S/C37H44O10/c1-6-7-8-9-10-11-15-18-26(39)43-29-23(5)36-25-19-22(4)28(40)34(25,42)32(41)33(20-38)30(44-33)27(36)31-35(29,21(2)3)46-37(45-31,47-36)24-16-13-12-14-17-24/h10-19,23,25,27,29-32,38,41-42H,2,6-9,20H2,1,3-5H3/b11-10+,18-15+/t23-,25-,27-,29-,30+,31-,32-,33+,34-,35+,36+,37-/m1/s1. The van der Waals surface area contributed by atoms with E-state index < -0.39 is 88.9 Å². The Hall–Kier alpha value is -2.96. The number of fused-ring (bicyclic) bond motifs is 3. The van der Waals surface area contributed by atoms with Crippen LogP contribution >= 0.6 is 0 Å². The molecule has 12 atom stereocenters. The molecule has 3 heterocycles. The monoisotopic (exact) mass is 648 g/mol. The van der Waals surface area contributed by atoms with Gasteiger partial charge in [0.1, 0.15) is 30.0 Å². The molecular formula is C37H44O10. The SMILES string of the molecule is C=C(C)[C@@]12O[C@@]3(c4ccccc4)O[C@@H]1[C@H]1[C@@H]4O[C@]4(CO)[C@@H](O)[C@]4(O)C(=O)C(C)=C[C@H]4[C@@]1(O3)[C@H](C)[C@H]2OC(=O)/C=C/C=C/CCCCC. The van der Waals surface area contributed by atoms with Crippen LogP contribution in [0.25, 0.3) is 0 Å². The average molecular weight is 649 g/mol. The van der Waals surface area contributed by atoms with Crippen LogP contribution in [0.1, 0.15) is 58.9 Å². The van der Waals surface area contributed by atoms with Gasteiger partial charge in [-0.2, -0.15) is 0 Å². The van der Waals surface area contributed by atoms with Crippen molar-refractivity contribution in [1.82, 2.24) is 0 Å². The van der Waals surface area contributed by atoms with Gasteiger partial charge in [0.25, 0.3) is 0 Å². The van der Waals surface area contributed by atoms with Crippen LogP contribution < -0.4 is 0 Å². The topological polar surface area (TPSA) is 144 Å². The molecule has 3 aliphatic carbocycles. The average Bonchev–Trinajstić information content (AvgIpc) is 3.68. The number of carbonyl (C=O) groups is 2. The van der Waals surface area contributed by atoms with Crippen LogP contribution in [0.2, 0.25) is 0 Å². The Morgan fingerprint density at radius 3 is 2.53 bits per heavy atom. The molecule has 2 saturated carbocycles. The molecule has 10 nitrogen and oxygen atoms in total. The van der Waals surface area contributed by atoms with E-state index in [0.29, 0.717) is 11.1 Å². The minimum absolute atomic E-state index is 0.236. The fraction of sp³-hybridized carbons (Fsp3) is 0.568. The van der Waals surface area contributed by atoms with E-state index in [2.05, 4.69) is 13.5 Å². The summed E-state index contributed by atoms with van der Waals surface area (Å²) in [5.74, 6) is -5.86. The molecule has 10 heteroatoms. The third-order valence-electron chi connectivity index (χ3n) is 11.6. The summed E-state index contributed by atoms with van der Waals surface area (Å²) >= 11 is 0.